The quantitative estimate of drug-likeness (QED) is 0.841. The molecule has 0 N–H and O–H groups in total. The Morgan fingerprint density at radius 3 is 2.44 bits per heavy atom. The maximum atomic E-state index is 12.3. The summed E-state index contributed by atoms with van der Waals surface area (Å²) < 4.78 is 61.5. The highest BCUT2D eigenvalue weighted by Crippen LogP contribution is 2.23. The number of hydrogen-bond donors (Lipinski definition) is 0. The number of nitrogens with zero attached hydrogens (tertiary/aromatic N) is 2. The van der Waals surface area contributed by atoms with Crippen molar-refractivity contribution in [3.63, 3.8) is 0 Å². The number of pyridine rings is 1. The largest absolute Gasteiger partial charge is 0.402 e. The summed E-state index contributed by atoms with van der Waals surface area (Å²) in [5.74, 6) is 0. The van der Waals surface area contributed by atoms with Crippen LogP contribution >= 0.6 is 15.9 Å². The molecule has 0 spiro atoms. The molecule has 1 rings (SSSR count). The van der Waals surface area contributed by atoms with Crippen LogP contribution in [0.4, 0.5) is 13.2 Å². The standard InChI is InChI=1S/C9H10BrF3N2O2S/c1-2-15(6-9(11,12)13)18(16,17)8-3-7(10)4-14-5-8/h3-5H,2,6H2,1H3. The van der Waals surface area contributed by atoms with Crippen molar-refractivity contribution in [1.82, 2.24) is 9.29 Å². The molecule has 0 unspecified atom stereocenters. The summed E-state index contributed by atoms with van der Waals surface area (Å²) in [6.07, 6.45) is -2.22. The first kappa shape index (κ1) is 15.4. The minimum atomic E-state index is -4.58. The van der Waals surface area contributed by atoms with Crippen LogP contribution in [0, 0.1) is 0 Å². The van der Waals surface area contributed by atoms with Crippen LogP contribution in [0.15, 0.2) is 27.8 Å². The lowest BCUT2D eigenvalue weighted by atomic mass is 10.5. The zero-order valence-electron chi connectivity index (χ0n) is 9.28. The van der Waals surface area contributed by atoms with Crippen LogP contribution in [-0.4, -0.2) is 37.0 Å². The normalized spacial score (nSPS) is 13.0. The van der Waals surface area contributed by atoms with Gasteiger partial charge in [-0.05, 0) is 22.0 Å². The van der Waals surface area contributed by atoms with Crippen molar-refractivity contribution in [2.75, 3.05) is 13.1 Å². The summed E-state index contributed by atoms with van der Waals surface area (Å²) in [6, 6.07) is 1.21. The van der Waals surface area contributed by atoms with Crippen molar-refractivity contribution in [1.29, 1.82) is 0 Å². The first-order valence-electron chi connectivity index (χ1n) is 4.84. The van der Waals surface area contributed by atoms with E-state index in [9.17, 15) is 21.6 Å². The average Bonchev–Trinajstić information content (AvgIpc) is 2.24. The first-order chi connectivity index (χ1) is 8.16. The molecule has 1 heterocycles. The van der Waals surface area contributed by atoms with Crippen LogP contribution in [-0.2, 0) is 10.0 Å². The van der Waals surface area contributed by atoms with E-state index in [0.717, 1.165) is 6.20 Å². The van der Waals surface area contributed by atoms with Crippen molar-refractivity contribution in [3.8, 4) is 0 Å². The Labute approximate surface area is 111 Å². The monoisotopic (exact) mass is 346 g/mol. The Kier molecular flexibility index (Phi) is 4.73. The molecule has 0 radical (unpaired) electrons. The van der Waals surface area contributed by atoms with Crippen LogP contribution in [0.25, 0.3) is 0 Å². The fourth-order valence-corrected chi connectivity index (χ4v) is 3.19. The van der Waals surface area contributed by atoms with Gasteiger partial charge in [0.25, 0.3) is 0 Å². The Morgan fingerprint density at radius 1 is 1.39 bits per heavy atom. The number of rotatable bonds is 4. The lowest BCUT2D eigenvalue weighted by Crippen LogP contribution is -2.38. The minimum absolute atomic E-state index is 0.269. The molecular formula is C9H10BrF3N2O2S. The van der Waals surface area contributed by atoms with E-state index in [1.165, 1.54) is 19.2 Å². The third kappa shape index (κ3) is 3.92. The lowest BCUT2D eigenvalue weighted by Gasteiger charge is -2.21. The highest BCUT2D eigenvalue weighted by Gasteiger charge is 2.36. The Bertz CT molecular complexity index is 519. The predicted molar refractivity (Wildman–Crippen MR) is 62.4 cm³/mol. The van der Waals surface area contributed by atoms with E-state index in [1.807, 2.05) is 0 Å². The van der Waals surface area contributed by atoms with Crippen LogP contribution < -0.4 is 0 Å². The Balaban J connectivity index is 3.11. The molecule has 0 aromatic carbocycles. The fraction of sp³-hybridized carbons (Fsp3) is 0.444. The maximum Gasteiger partial charge on any atom is 0.402 e. The molecule has 4 nitrogen and oxygen atoms in total. The maximum absolute atomic E-state index is 12.3. The third-order valence-corrected chi connectivity index (χ3v) is 4.35. The van der Waals surface area contributed by atoms with Gasteiger partial charge in [-0.2, -0.15) is 17.5 Å². The summed E-state index contributed by atoms with van der Waals surface area (Å²) in [6.45, 7) is -0.443. The van der Waals surface area contributed by atoms with E-state index in [-0.39, 0.29) is 11.4 Å². The number of hydrogen-bond acceptors (Lipinski definition) is 3. The molecule has 0 aliphatic carbocycles. The second-order valence-corrected chi connectivity index (χ2v) is 6.24. The molecule has 0 amide bonds. The Morgan fingerprint density at radius 2 is 2.00 bits per heavy atom. The number of sulfonamides is 1. The van der Waals surface area contributed by atoms with E-state index in [1.54, 1.807) is 0 Å². The predicted octanol–water partition coefficient (Wildman–Crippen LogP) is 2.42. The average molecular weight is 347 g/mol. The molecule has 1 aromatic heterocycles. The van der Waals surface area contributed by atoms with Gasteiger partial charge < -0.3 is 0 Å². The zero-order valence-corrected chi connectivity index (χ0v) is 11.7. The highest BCUT2D eigenvalue weighted by molar-refractivity contribution is 9.10. The van der Waals surface area contributed by atoms with Gasteiger partial charge in [-0.15, -0.1) is 0 Å². The third-order valence-electron chi connectivity index (χ3n) is 2.03. The molecule has 18 heavy (non-hydrogen) atoms. The summed E-state index contributed by atoms with van der Waals surface area (Å²) in [4.78, 5) is 3.35. The second-order valence-electron chi connectivity index (χ2n) is 3.39. The summed E-state index contributed by atoms with van der Waals surface area (Å²) in [7, 11) is -4.19. The first-order valence-corrected chi connectivity index (χ1v) is 7.07. The zero-order chi connectivity index (χ0) is 14.0. The van der Waals surface area contributed by atoms with Gasteiger partial charge in [0.2, 0.25) is 10.0 Å². The summed E-state index contributed by atoms with van der Waals surface area (Å²) in [5, 5.41) is 0. The van der Waals surface area contributed by atoms with Crippen LogP contribution in [0.1, 0.15) is 6.92 Å². The number of alkyl halides is 3. The van der Waals surface area contributed by atoms with Crippen LogP contribution in [0.3, 0.4) is 0 Å². The van der Waals surface area contributed by atoms with Gasteiger partial charge in [-0.3, -0.25) is 4.98 Å². The number of halogens is 4. The van der Waals surface area contributed by atoms with E-state index in [4.69, 9.17) is 0 Å². The molecule has 0 saturated carbocycles. The molecule has 0 bridgehead atoms. The van der Waals surface area contributed by atoms with Crippen molar-refractivity contribution >= 4 is 26.0 Å². The summed E-state index contributed by atoms with van der Waals surface area (Å²) in [5.41, 5.74) is 0. The van der Waals surface area contributed by atoms with Gasteiger partial charge in [0.1, 0.15) is 11.4 Å². The van der Waals surface area contributed by atoms with E-state index >= 15 is 0 Å². The second kappa shape index (κ2) is 5.54. The molecule has 0 atom stereocenters. The van der Waals surface area contributed by atoms with Crippen LogP contribution in [0.5, 0.6) is 0 Å². The van der Waals surface area contributed by atoms with Gasteiger partial charge >= 0.3 is 6.18 Å². The van der Waals surface area contributed by atoms with Crippen molar-refractivity contribution in [2.45, 2.75) is 18.0 Å². The molecule has 1 aromatic rings. The van der Waals surface area contributed by atoms with Gasteiger partial charge in [0.15, 0.2) is 0 Å². The lowest BCUT2D eigenvalue weighted by molar-refractivity contribution is -0.135. The molecule has 0 fully saturated rings. The van der Waals surface area contributed by atoms with Gasteiger partial charge in [0, 0.05) is 23.4 Å². The van der Waals surface area contributed by atoms with E-state index in [0.29, 0.717) is 8.78 Å². The molecule has 0 saturated heterocycles. The summed E-state index contributed by atoms with van der Waals surface area (Å²) >= 11 is 3.02. The van der Waals surface area contributed by atoms with Gasteiger partial charge in [0.05, 0.1) is 0 Å². The van der Waals surface area contributed by atoms with Crippen molar-refractivity contribution in [3.05, 3.63) is 22.9 Å². The molecule has 0 aliphatic rings. The smallest absolute Gasteiger partial charge is 0.262 e. The Hall–Kier alpha value is -0.670. The molecule has 9 heteroatoms. The van der Waals surface area contributed by atoms with Crippen molar-refractivity contribution in [2.24, 2.45) is 0 Å². The highest BCUT2D eigenvalue weighted by atomic mass is 79.9. The molecular weight excluding hydrogens is 337 g/mol. The van der Waals surface area contributed by atoms with Crippen LogP contribution in [0.2, 0.25) is 0 Å². The van der Waals surface area contributed by atoms with E-state index in [2.05, 4.69) is 20.9 Å². The topological polar surface area (TPSA) is 50.3 Å². The fourth-order valence-electron chi connectivity index (χ4n) is 1.25. The van der Waals surface area contributed by atoms with E-state index < -0.39 is 22.7 Å². The molecule has 0 aliphatic heterocycles. The number of aromatic nitrogens is 1. The minimum Gasteiger partial charge on any atom is -0.262 e. The molecule has 102 valence electrons. The van der Waals surface area contributed by atoms with Gasteiger partial charge in [-0.25, -0.2) is 8.42 Å². The van der Waals surface area contributed by atoms with Crippen molar-refractivity contribution < 1.29 is 21.6 Å². The SMILES string of the molecule is CCN(CC(F)(F)F)S(=O)(=O)c1cncc(Br)c1. The van der Waals surface area contributed by atoms with Gasteiger partial charge in [-0.1, -0.05) is 6.92 Å².